The summed E-state index contributed by atoms with van der Waals surface area (Å²) >= 11 is 1.40. The van der Waals surface area contributed by atoms with Crippen LogP contribution in [0.15, 0.2) is 53.5 Å². The molecule has 3 rings (SSSR count). The zero-order valence-corrected chi connectivity index (χ0v) is 13.7. The average molecular weight is 329 g/mol. The van der Waals surface area contributed by atoms with E-state index in [0.717, 1.165) is 5.56 Å². The SMILES string of the molecule is Cc1ccccc1CS[C@]1(C)OC(c2ccc(F)cc2)=NC1=O. The van der Waals surface area contributed by atoms with Gasteiger partial charge in [-0.1, -0.05) is 24.3 Å². The van der Waals surface area contributed by atoms with Gasteiger partial charge >= 0.3 is 5.91 Å². The van der Waals surface area contributed by atoms with Gasteiger partial charge in [0.1, 0.15) is 5.82 Å². The van der Waals surface area contributed by atoms with Gasteiger partial charge in [0.25, 0.3) is 0 Å². The number of benzene rings is 2. The van der Waals surface area contributed by atoms with E-state index in [1.165, 1.54) is 29.5 Å². The molecule has 0 aliphatic carbocycles. The zero-order chi connectivity index (χ0) is 16.4. The van der Waals surface area contributed by atoms with Gasteiger partial charge in [-0.15, -0.1) is 11.8 Å². The molecule has 2 aromatic carbocycles. The second-order valence-corrected chi connectivity index (χ2v) is 6.85. The smallest absolute Gasteiger partial charge is 0.303 e. The van der Waals surface area contributed by atoms with Crippen LogP contribution < -0.4 is 0 Å². The van der Waals surface area contributed by atoms with Crippen molar-refractivity contribution in [3.63, 3.8) is 0 Å². The fraction of sp³-hybridized carbons (Fsp3) is 0.222. The highest BCUT2D eigenvalue weighted by atomic mass is 32.2. The monoisotopic (exact) mass is 329 g/mol. The summed E-state index contributed by atoms with van der Waals surface area (Å²) in [6, 6.07) is 13.8. The summed E-state index contributed by atoms with van der Waals surface area (Å²) in [5.74, 6) is 0.238. The number of rotatable bonds is 4. The van der Waals surface area contributed by atoms with Gasteiger partial charge in [-0.2, -0.15) is 4.99 Å². The van der Waals surface area contributed by atoms with Crippen LogP contribution in [0.4, 0.5) is 4.39 Å². The molecule has 0 fully saturated rings. The molecule has 0 aromatic heterocycles. The van der Waals surface area contributed by atoms with Crippen LogP contribution in [0.3, 0.4) is 0 Å². The first kappa shape index (κ1) is 15.7. The Morgan fingerprint density at radius 3 is 2.57 bits per heavy atom. The molecule has 0 saturated heterocycles. The van der Waals surface area contributed by atoms with Crippen LogP contribution in [-0.4, -0.2) is 16.7 Å². The normalized spacial score (nSPS) is 20.3. The number of amides is 1. The minimum atomic E-state index is -1.05. The summed E-state index contributed by atoms with van der Waals surface area (Å²) in [5, 5.41) is 0. The molecule has 2 aromatic rings. The molecule has 1 heterocycles. The molecular formula is C18H16FNO2S. The quantitative estimate of drug-likeness (QED) is 0.848. The summed E-state index contributed by atoms with van der Waals surface area (Å²) in [7, 11) is 0. The first-order valence-electron chi connectivity index (χ1n) is 7.24. The average Bonchev–Trinajstić information content (AvgIpc) is 2.83. The van der Waals surface area contributed by atoms with Gasteiger partial charge < -0.3 is 4.74 Å². The maximum absolute atomic E-state index is 13.0. The Morgan fingerprint density at radius 2 is 1.87 bits per heavy atom. The van der Waals surface area contributed by atoms with Gasteiger partial charge in [-0.3, -0.25) is 4.79 Å². The standard InChI is InChI=1S/C18H16FNO2S/c1-12-5-3-4-6-14(12)11-23-18(2)17(21)20-16(22-18)13-7-9-15(19)10-8-13/h3-10H,11H2,1-2H3/t18-/m0/s1. The molecule has 0 N–H and O–H groups in total. The summed E-state index contributed by atoms with van der Waals surface area (Å²) in [5.41, 5.74) is 2.93. The molecule has 23 heavy (non-hydrogen) atoms. The molecule has 0 radical (unpaired) electrons. The molecule has 0 saturated carbocycles. The number of nitrogens with zero attached hydrogens (tertiary/aromatic N) is 1. The Hall–Kier alpha value is -2.14. The number of aliphatic imine (C=N–C) groups is 1. The van der Waals surface area contributed by atoms with Crippen molar-refractivity contribution in [3.8, 4) is 0 Å². The molecule has 1 aliphatic heterocycles. The van der Waals surface area contributed by atoms with Gasteiger partial charge in [0.05, 0.1) is 0 Å². The Kier molecular flexibility index (Phi) is 4.22. The lowest BCUT2D eigenvalue weighted by Crippen LogP contribution is -2.29. The number of hydrogen-bond acceptors (Lipinski definition) is 3. The Balaban J connectivity index is 1.73. The van der Waals surface area contributed by atoms with E-state index in [9.17, 15) is 9.18 Å². The lowest BCUT2D eigenvalue weighted by molar-refractivity contribution is -0.123. The van der Waals surface area contributed by atoms with Gasteiger partial charge in [0, 0.05) is 11.3 Å². The van der Waals surface area contributed by atoms with Gasteiger partial charge in [-0.05, 0) is 49.2 Å². The Bertz CT molecular complexity index is 773. The van der Waals surface area contributed by atoms with E-state index in [4.69, 9.17) is 4.74 Å². The van der Waals surface area contributed by atoms with Crippen molar-refractivity contribution in [1.82, 2.24) is 0 Å². The maximum atomic E-state index is 13.0. The zero-order valence-electron chi connectivity index (χ0n) is 12.9. The van der Waals surface area contributed by atoms with Crippen LogP contribution >= 0.6 is 11.8 Å². The van der Waals surface area contributed by atoms with Crippen molar-refractivity contribution in [3.05, 3.63) is 71.0 Å². The van der Waals surface area contributed by atoms with Gasteiger partial charge in [-0.25, -0.2) is 4.39 Å². The van der Waals surface area contributed by atoms with E-state index in [1.807, 2.05) is 31.2 Å². The van der Waals surface area contributed by atoms with Crippen LogP contribution in [0, 0.1) is 12.7 Å². The van der Waals surface area contributed by atoms with E-state index < -0.39 is 4.93 Å². The predicted molar refractivity (Wildman–Crippen MR) is 89.9 cm³/mol. The first-order valence-corrected chi connectivity index (χ1v) is 8.23. The molecule has 0 unspecified atom stereocenters. The Labute approximate surface area is 138 Å². The van der Waals surface area contributed by atoms with Crippen LogP contribution in [0.5, 0.6) is 0 Å². The molecular weight excluding hydrogens is 313 g/mol. The number of halogens is 1. The van der Waals surface area contributed by atoms with Crippen molar-refractivity contribution in [2.45, 2.75) is 24.5 Å². The number of thioether (sulfide) groups is 1. The molecule has 1 amide bonds. The van der Waals surface area contributed by atoms with Gasteiger partial charge in [0.2, 0.25) is 10.8 Å². The van der Waals surface area contributed by atoms with E-state index in [-0.39, 0.29) is 17.6 Å². The third-order valence-electron chi connectivity index (χ3n) is 3.74. The highest BCUT2D eigenvalue weighted by Gasteiger charge is 2.43. The molecule has 0 bridgehead atoms. The first-order chi connectivity index (χ1) is 11.0. The Morgan fingerprint density at radius 1 is 1.17 bits per heavy atom. The minimum Gasteiger partial charge on any atom is -0.450 e. The van der Waals surface area contributed by atoms with Crippen LogP contribution in [0.25, 0.3) is 0 Å². The molecule has 118 valence electrons. The largest absolute Gasteiger partial charge is 0.450 e. The van der Waals surface area contributed by atoms with Crippen molar-refractivity contribution in [2.24, 2.45) is 4.99 Å². The predicted octanol–water partition coefficient (Wildman–Crippen LogP) is 4.09. The molecule has 1 atom stereocenters. The van der Waals surface area contributed by atoms with E-state index in [0.29, 0.717) is 11.3 Å². The van der Waals surface area contributed by atoms with Crippen molar-refractivity contribution >= 4 is 23.6 Å². The number of carbonyl (C=O) groups is 1. The van der Waals surface area contributed by atoms with Crippen molar-refractivity contribution in [1.29, 1.82) is 0 Å². The van der Waals surface area contributed by atoms with Crippen LogP contribution in [0.1, 0.15) is 23.6 Å². The van der Waals surface area contributed by atoms with E-state index in [1.54, 1.807) is 19.1 Å². The number of hydrogen-bond donors (Lipinski definition) is 0. The fourth-order valence-electron chi connectivity index (χ4n) is 2.24. The summed E-state index contributed by atoms with van der Waals surface area (Å²) in [6.07, 6.45) is 0. The van der Waals surface area contributed by atoms with E-state index >= 15 is 0 Å². The van der Waals surface area contributed by atoms with Crippen LogP contribution in [-0.2, 0) is 15.3 Å². The lowest BCUT2D eigenvalue weighted by Gasteiger charge is -2.21. The maximum Gasteiger partial charge on any atom is 0.303 e. The number of carbonyl (C=O) groups excluding carboxylic acids is 1. The topological polar surface area (TPSA) is 38.7 Å². The lowest BCUT2D eigenvalue weighted by atomic mass is 10.1. The second-order valence-electron chi connectivity index (χ2n) is 5.49. The molecule has 1 aliphatic rings. The molecule has 5 heteroatoms. The third-order valence-corrected chi connectivity index (χ3v) is 5.00. The summed E-state index contributed by atoms with van der Waals surface area (Å²) in [4.78, 5) is 15.2. The van der Waals surface area contributed by atoms with E-state index in [2.05, 4.69) is 4.99 Å². The molecule has 3 nitrogen and oxygen atoms in total. The summed E-state index contributed by atoms with van der Waals surface area (Å²) < 4.78 is 18.8. The van der Waals surface area contributed by atoms with Crippen LogP contribution in [0.2, 0.25) is 0 Å². The third kappa shape index (κ3) is 3.29. The molecule has 0 spiro atoms. The highest BCUT2D eigenvalue weighted by molar-refractivity contribution is 8.00. The minimum absolute atomic E-state index is 0.245. The second kappa shape index (κ2) is 6.16. The van der Waals surface area contributed by atoms with Gasteiger partial charge in [0.15, 0.2) is 0 Å². The fourth-order valence-corrected chi connectivity index (χ4v) is 3.30. The number of ether oxygens (including phenoxy) is 1. The summed E-state index contributed by atoms with van der Waals surface area (Å²) in [6.45, 7) is 3.76. The number of aryl methyl sites for hydroxylation is 1. The van der Waals surface area contributed by atoms with Crippen molar-refractivity contribution < 1.29 is 13.9 Å². The highest BCUT2D eigenvalue weighted by Crippen LogP contribution is 2.36. The van der Waals surface area contributed by atoms with Crippen molar-refractivity contribution in [2.75, 3.05) is 0 Å².